The second-order valence-electron chi connectivity index (χ2n) is 8.18. The molecule has 1 aromatic heterocycles. The molecule has 164 valence electrons. The van der Waals surface area contributed by atoms with Gasteiger partial charge in [-0.25, -0.2) is 4.79 Å². The van der Waals surface area contributed by atoms with Gasteiger partial charge >= 0.3 is 6.03 Å². The molecule has 4 heterocycles. The van der Waals surface area contributed by atoms with Gasteiger partial charge in [-0.05, 0) is 37.1 Å². The number of hydrogen-bond donors (Lipinski definition) is 1. The Hall–Kier alpha value is -2.13. The van der Waals surface area contributed by atoms with E-state index in [-0.39, 0.29) is 29.9 Å². The number of amides is 4. The van der Waals surface area contributed by atoms with Crippen LogP contribution in [-0.2, 0) is 20.9 Å². The van der Waals surface area contributed by atoms with Crippen LogP contribution in [-0.4, -0.2) is 84.5 Å². The molecular formula is C21H30N4O4S. The lowest BCUT2D eigenvalue weighted by Crippen LogP contribution is -2.55. The zero-order chi connectivity index (χ0) is 20.9. The molecule has 3 aliphatic heterocycles. The van der Waals surface area contributed by atoms with Crippen LogP contribution in [0.15, 0.2) is 17.5 Å². The molecule has 4 rings (SSSR count). The summed E-state index contributed by atoms with van der Waals surface area (Å²) < 4.78 is 5.50. The summed E-state index contributed by atoms with van der Waals surface area (Å²) in [6.07, 6.45) is 3.08. The van der Waals surface area contributed by atoms with E-state index < -0.39 is 0 Å². The van der Waals surface area contributed by atoms with Crippen LogP contribution in [0.1, 0.15) is 30.6 Å². The zero-order valence-corrected chi connectivity index (χ0v) is 18.1. The standard InChI is InChI=1S/C21H30N4O4S/c26-19(23-8-10-24(11-9-23)20(27)18-6-2-12-29-18)16-4-1-7-25(15-16)21(28)22-14-17-5-3-13-30-17/h3,5,13,16,18H,1-2,4,6-12,14-15H2,(H,22,28). The van der Waals surface area contributed by atoms with E-state index in [0.29, 0.717) is 52.4 Å². The second-order valence-corrected chi connectivity index (χ2v) is 9.21. The molecule has 0 bridgehead atoms. The number of urea groups is 1. The maximum atomic E-state index is 13.0. The zero-order valence-electron chi connectivity index (χ0n) is 17.3. The minimum atomic E-state index is -0.299. The van der Waals surface area contributed by atoms with Gasteiger partial charge in [-0.1, -0.05) is 6.07 Å². The first-order valence-electron chi connectivity index (χ1n) is 10.9. The monoisotopic (exact) mass is 434 g/mol. The van der Waals surface area contributed by atoms with Crippen LogP contribution in [0.5, 0.6) is 0 Å². The fourth-order valence-electron chi connectivity index (χ4n) is 4.43. The smallest absolute Gasteiger partial charge is 0.317 e. The largest absolute Gasteiger partial charge is 0.368 e. The number of nitrogens with zero attached hydrogens (tertiary/aromatic N) is 3. The summed E-state index contributed by atoms with van der Waals surface area (Å²) in [5.74, 6) is 0.00693. The van der Waals surface area contributed by atoms with E-state index in [0.717, 1.165) is 30.6 Å². The predicted octanol–water partition coefficient (Wildman–Crippen LogP) is 1.52. The Morgan fingerprint density at radius 3 is 2.43 bits per heavy atom. The highest BCUT2D eigenvalue weighted by Gasteiger charge is 2.35. The van der Waals surface area contributed by atoms with Crippen LogP contribution in [0.4, 0.5) is 4.79 Å². The summed E-state index contributed by atoms with van der Waals surface area (Å²) in [7, 11) is 0. The van der Waals surface area contributed by atoms with Crippen molar-refractivity contribution in [2.75, 3.05) is 45.9 Å². The average molecular weight is 435 g/mol. The van der Waals surface area contributed by atoms with Crippen LogP contribution in [0.2, 0.25) is 0 Å². The lowest BCUT2D eigenvalue weighted by molar-refractivity contribution is -0.147. The van der Waals surface area contributed by atoms with Gasteiger partial charge in [-0.3, -0.25) is 9.59 Å². The first kappa shape index (κ1) is 21.1. The molecule has 2 unspecified atom stereocenters. The maximum absolute atomic E-state index is 13.0. The maximum Gasteiger partial charge on any atom is 0.317 e. The second kappa shape index (κ2) is 9.78. The van der Waals surface area contributed by atoms with Crippen molar-refractivity contribution in [2.45, 2.75) is 38.3 Å². The lowest BCUT2D eigenvalue weighted by atomic mass is 9.96. The van der Waals surface area contributed by atoms with E-state index in [9.17, 15) is 14.4 Å². The van der Waals surface area contributed by atoms with Crippen LogP contribution >= 0.6 is 11.3 Å². The van der Waals surface area contributed by atoms with Crippen molar-refractivity contribution >= 4 is 29.2 Å². The summed E-state index contributed by atoms with van der Waals surface area (Å²) in [5, 5.41) is 4.95. The van der Waals surface area contributed by atoms with Gasteiger partial charge in [-0.2, -0.15) is 0 Å². The van der Waals surface area contributed by atoms with Crippen molar-refractivity contribution in [1.29, 1.82) is 0 Å². The lowest BCUT2D eigenvalue weighted by Gasteiger charge is -2.39. The number of carbonyl (C=O) groups excluding carboxylic acids is 3. The third kappa shape index (κ3) is 4.95. The van der Waals surface area contributed by atoms with E-state index in [4.69, 9.17) is 4.74 Å². The molecular weight excluding hydrogens is 404 g/mol. The van der Waals surface area contributed by atoms with Crippen LogP contribution in [0.25, 0.3) is 0 Å². The Morgan fingerprint density at radius 1 is 1.00 bits per heavy atom. The molecule has 30 heavy (non-hydrogen) atoms. The third-order valence-corrected chi connectivity index (χ3v) is 7.04. The number of rotatable bonds is 4. The van der Waals surface area contributed by atoms with Gasteiger partial charge in [0.15, 0.2) is 0 Å². The van der Waals surface area contributed by atoms with E-state index in [2.05, 4.69) is 5.32 Å². The van der Waals surface area contributed by atoms with Gasteiger partial charge in [0.2, 0.25) is 5.91 Å². The quantitative estimate of drug-likeness (QED) is 0.779. The normalized spacial score (nSPS) is 24.7. The molecule has 3 saturated heterocycles. The Bertz CT molecular complexity index is 742. The molecule has 0 aliphatic carbocycles. The van der Waals surface area contributed by atoms with Crippen molar-refractivity contribution in [3.05, 3.63) is 22.4 Å². The number of nitrogens with one attached hydrogen (secondary N) is 1. The molecule has 0 saturated carbocycles. The minimum Gasteiger partial charge on any atom is -0.368 e. The number of thiophene rings is 1. The molecule has 1 N–H and O–H groups in total. The van der Waals surface area contributed by atoms with Crippen molar-refractivity contribution in [3.8, 4) is 0 Å². The Labute approximate surface area is 181 Å². The molecule has 1 aromatic rings. The van der Waals surface area contributed by atoms with Gasteiger partial charge in [0.25, 0.3) is 5.91 Å². The highest BCUT2D eigenvalue weighted by atomic mass is 32.1. The highest BCUT2D eigenvalue weighted by Crippen LogP contribution is 2.21. The SMILES string of the molecule is O=C(NCc1cccs1)N1CCCC(C(=O)N2CCN(C(=O)C3CCCO3)CC2)C1. The first-order valence-corrected chi connectivity index (χ1v) is 11.7. The highest BCUT2D eigenvalue weighted by molar-refractivity contribution is 7.09. The number of likely N-dealkylation sites (tertiary alicyclic amines) is 1. The number of piperazine rings is 1. The van der Waals surface area contributed by atoms with Crippen LogP contribution in [0, 0.1) is 5.92 Å². The third-order valence-electron chi connectivity index (χ3n) is 6.16. The van der Waals surface area contributed by atoms with E-state index >= 15 is 0 Å². The molecule has 0 radical (unpaired) electrons. The Kier molecular flexibility index (Phi) is 6.89. The summed E-state index contributed by atoms with van der Waals surface area (Å²) in [6.45, 7) is 4.55. The first-order chi connectivity index (χ1) is 14.6. The van der Waals surface area contributed by atoms with Gasteiger partial charge < -0.3 is 24.8 Å². The number of piperidine rings is 1. The van der Waals surface area contributed by atoms with Crippen molar-refractivity contribution in [1.82, 2.24) is 20.0 Å². The average Bonchev–Trinajstić information content (AvgIpc) is 3.51. The Morgan fingerprint density at radius 2 is 1.77 bits per heavy atom. The van der Waals surface area contributed by atoms with Crippen molar-refractivity contribution < 1.29 is 19.1 Å². The van der Waals surface area contributed by atoms with Crippen LogP contribution in [0.3, 0.4) is 0 Å². The summed E-state index contributed by atoms with van der Waals surface area (Å²) >= 11 is 1.62. The molecule has 3 fully saturated rings. The molecule has 8 nitrogen and oxygen atoms in total. The van der Waals surface area contributed by atoms with Crippen LogP contribution < -0.4 is 5.32 Å². The number of carbonyl (C=O) groups is 3. The van der Waals surface area contributed by atoms with Crippen molar-refractivity contribution in [3.63, 3.8) is 0 Å². The van der Waals surface area contributed by atoms with Gasteiger partial charge in [0, 0.05) is 50.8 Å². The summed E-state index contributed by atoms with van der Waals surface area (Å²) in [5.41, 5.74) is 0. The Balaban J connectivity index is 1.24. The molecule has 4 amide bonds. The van der Waals surface area contributed by atoms with Gasteiger partial charge in [0.05, 0.1) is 12.5 Å². The fraction of sp³-hybridized carbons (Fsp3) is 0.667. The molecule has 2 atom stereocenters. The fourth-order valence-corrected chi connectivity index (χ4v) is 5.08. The summed E-state index contributed by atoms with van der Waals surface area (Å²) in [4.78, 5) is 44.6. The van der Waals surface area contributed by atoms with Crippen molar-refractivity contribution in [2.24, 2.45) is 5.92 Å². The molecule has 0 spiro atoms. The van der Waals surface area contributed by atoms with E-state index in [1.165, 1.54) is 0 Å². The van der Waals surface area contributed by atoms with E-state index in [1.807, 2.05) is 27.3 Å². The molecule has 3 aliphatic rings. The molecule has 0 aromatic carbocycles. The van der Waals surface area contributed by atoms with Gasteiger partial charge in [0.1, 0.15) is 6.10 Å². The van der Waals surface area contributed by atoms with Gasteiger partial charge in [-0.15, -0.1) is 11.3 Å². The summed E-state index contributed by atoms with van der Waals surface area (Å²) in [6, 6.07) is 3.86. The number of ether oxygens (including phenoxy) is 1. The topological polar surface area (TPSA) is 82.2 Å². The predicted molar refractivity (Wildman–Crippen MR) is 113 cm³/mol. The van der Waals surface area contributed by atoms with E-state index in [1.54, 1.807) is 16.2 Å². The molecule has 9 heteroatoms. The number of hydrogen-bond acceptors (Lipinski definition) is 5. The minimum absolute atomic E-state index is 0.0610.